The Kier molecular flexibility index (Phi) is 6.22. The molecule has 10 heteroatoms. The van der Waals surface area contributed by atoms with Crippen molar-refractivity contribution in [2.24, 2.45) is 0 Å². The highest BCUT2D eigenvalue weighted by Gasteiger charge is 2.23. The molecular weight excluding hydrogens is 452 g/mol. The molecule has 1 aromatic carbocycles. The van der Waals surface area contributed by atoms with E-state index in [0.29, 0.717) is 56.7 Å². The van der Waals surface area contributed by atoms with Gasteiger partial charge in [-0.05, 0) is 40.2 Å². The third kappa shape index (κ3) is 4.76. The molecule has 156 valence electrons. The van der Waals surface area contributed by atoms with E-state index in [1.807, 2.05) is 29.2 Å². The van der Waals surface area contributed by atoms with Gasteiger partial charge in [0.05, 0.1) is 11.6 Å². The molecule has 4 rings (SSSR count). The largest absolute Gasteiger partial charge is 0.497 e. The van der Waals surface area contributed by atoms with E-state index in [2.05, 4.69) is 40.9 Å². The summed E-state index contributed by atoms with van der Waals surface area (Å²) in [6.07, 6.45) is 4.20. The van der Waals surface area contributed by atoms with E-state index in [0.717, 1.165) is 15.8 Å². The molecule has 0 unspecified atom stereocenters. The first-order valence-corrected chi connectivity index (χ1v) is 10.4. The van der Waals surface area contributed by atoms with Crippen molar-refractivity contribution in [2.45, 2.75) is 12.8 Å². The first-order valence-electron chi connectivity index (χ1n) is 9.59. The molecule has 1 aliphatic rings. The van der Waals surface area contributed by atoms with Gasteiger partial charge in [0.2, 0.25) is 23.6 Å². The SMILES string of the molecule is COc1ccc(-c2noc(CCC(=O)N3CCN(c4ncc(Br)cn4)CC3)n2)cc1. The second-order valence-corrected chi connectivity index (χ2v) is 7.73. The predicted molar refractivity (Wildman–Crippen MR) is 113 cm³/mol. The third-order valence-corrected chi connectivity index (χ3v) is 5.30. The summed E-state index contributed by atoms with van der Waals surface area (Å²) < 4.78 is 11.3. The van der Waals surface area contributed by atoms with Crippen molar-refractivity contribution in [3.05, 3.63) is 47.0 Å². The van der Waals surface area contributed by atoms with E-state index in [1.54, 1.807) is 19.5 Å². The molecule has 2 aromatic heterocycles. The summed E-state index contributed by atoms with van der Waals surface area (Å²) >= 11 is 3.34. The lowest BCUT2D eigenvalue weighted by Crippen LogP contribution is -2.49. The van der Waals surface area contributed by atoms with E-state index in [9.17, 15) is 4.79 Å². The second kappa shape index (κ2) is 9.21. The molecule has 0 atom stereocenters. The van der Waals surface area contributed by atoms with Gasteiger partial charge in [0, 0.05) is 57.0 Å². The van der Waals surface area contributed by atoms with Crippen molar-refractivity contribution >= 4 is 27.8 Å². The van der Waals surface area contributed by atoms with Crippen LogP contribution in [-0.4, -0.2) is 64.2 Å². The Morgan fingerprint density at radius 3 is 2.50 bits per heavy atom. The van der Waals surface area contributed by atoms with Crippen molar-refractivity contribution in [1.29, 1.82) is 0 Å². The Hall–Kier alpha value is -3.01. The van der Waals surface area contributed by atoms with E-state index in [4.69, 9.17) is 9.26 Å². The van der Waals surface area contributed by atoms with Crippen LogP contribution in [-0.2, 0) is 11.2 Å². The van der Waals surface area contributed by atoms with Gasteiger partial charge in [-0.2, -0.15) is 4.98 Å². The van der Waals surface area contributed by atoms with Crippen LogP contribution in [0.3, 0.4) is 0 Å². The van der Waals surface area contributed by atoms with Gasteiger partial charge < -0.3 is 19.1 Å². The smallest absolute Gasteiger partial charge is 0.227 e. The highest BCUT2D eigenvalue weighted by molar-refractivity contribution is 9.10. The maximum Gasteiger partial charge on any atom is 0.227 e. The lowest BCUT2D eigenvalue weighted by atomic mass is 10.2. The monoisotopic (exact) mass is 472 g/mol. The van der Waals surface area contributed by atoms with Gasteiger partial charge in [-0.25, -0.2) is 9.97 Å². The molecule has 0 saturated carbocycles. The quantitative estimate of drug-likeness (QED) is 0.539. The number of anilines is 1. The summed E-state index contributed by atoms with van der Waals surface area (Å²) in [5.41, 5.74) is 0.836. The molecule has 3 heterocycles. The van der Waals surface area contributed by atoms with Gasteiger partial charge in [0.25, 0.3) is 0 Å². The fourth-order valence-electron chi connectivity index (χ4n) is 3.21. The Morgan fingerprint density at radius 2 is 1.83 bits per heavy atom. The van der Waals surface area contributed by atoms with Crippen LogP contribution in [0.15, 0.2) is 45.7 Å². The number of ether oxygens (including phenoxy) is 1. The number of carbonyl (C=O) groups excluding carboxylic acids is 1. The number of halogens is 1. The van der Waals surface area contributed by atoms with Crippen LogP contribution < -0.4 is 9.64 Å². The highest BCUT2D eigenvalue weighted by Crippen LogP contribution is 2.20. The number of hydrogen-bond acceptors (Lipinski definition) is 8. The zero-order valence-corrected chi connectivity index (χ0v) is 18.1. The molecule has 9 nitrogen and oxygen atoms in total. The van der Waals surface area contributed by atoms with Gasteiger partial charge in [-0.3, -0.25) is 4.79 Å². The zero-order valence-electron chi connectivity index (χ0n) is 16.5. The number of rotatable bonds is 6. The van der Waals surface area contributed by atoms with Crippen molar-refractivity contribution in [2.75, 3.05) is 38.2 Å². The van der Waals surface area contributed by atoms with E-state index >= 15 is 0 Å². The minimum atomic E-state index is 0.0792. The van der Waals surface area contributed by atoms with E-state index in [1.165, 1.54) is 0 Å². The van der Waals surface area contributed by atoms with Crippen LogP contribution in [0.2, 0.25) is 0 Å². The topological polar surface area (TPSA) is 97.5 Å². The van der Waals surface area contributed by atoms with Gasteiger partial charge >= 0.3 is 0 Å². The first kappa shape index (κ1) is 20.3. The van der Waals surface area contributed by atoms with Crippen LogP contribution in [0.1, 0.15) is 12.3 Å². The van der Waals surface area contributed by atoms with Gasteiger partial charge in [0.1, 0.15) is 5.75 Å². The Bertz CT molecular complexity index is 985. The van der Waals surface area contributed by atoms with Gasteiger partial charge in [-0.1, -0.05) is 5.16 Å². The average molecular weight is 473 g/mol. The number of piperazine rings is 1. The van der Waals surface area contributed by atoms with Crippen molar-refractivity contribution < 1.29 is 14.1 Å². The van der Waals surface area contributed by atoms with E-state index < -0.39 is 0 Å². The van der Waals surface area contributed by atoms with Gasteiger partial charge in [-0.15, -0.1) is 0 Å². The average Bonchev–Trinajstić information content (AvgIpc) is 3.27. The number of aromatic nitrogens is 4. The standard InChI is InChI=1S/C20H21BrN6O3/c1-29-16-4-2-14(3-5-16)19-24-17(30-25-19)6-7-18(28)26-8-10-27(11-9-26)20-22-12-15(21)13-23-20/h2-5,12-13H,6-11H2,1H3. The molecule has 0 radical (unpaired) electrons. The maximum absolute atomic E-state index is 12.6. The number of carbonyl (C=O) groups is 1. The maximum atomic E-state index is 12.6. The summed E-state index contributed by atoms with van der Waals surface area (Å²) in [5, 5.41) is 4.01. The molecule has 1 fully saturated rings. The Morgan fingerprint density at radius 1 is 1.13 bits per heavy atom. The highest BCUT2D eigenvalue weighted by atomic mass is 79.9. The summed E-state index contributed by atoms with van der Waals surface area (Å²) in [6.45, 7) is 2.68. The lowest BCUT2D eigenvalue weighted by Gasteiger charge is -2.34. The molecule has 1 amide bonds. The zero-order chi connectivity index (χ0) is 20.9. The summed E-state index contributed by atoms with van der Waals surface area (Å²) in [4.78, 5) is 29.5. The van der Waals surface area contributed by atoms with Crippen molar-refractivity contribution in [3.8, 4) is 17.1 Å². The number of nitrogens with zero attached hydrogens (tertiary/aromatic N) is 6. The Balaban J connectivity index is 1.27. The number of hydrogen-bond donors (Lipinski definition) is 0. The summed E-state index contributed by atoms with van der Waals surface area (Å²) in [5.74, 6) is 2.48. The number of methoxy groups -OCH3 is 1. The van der Waals surface area contributed by atoms with Crippen molar-refractivity contribution in [1.82, 2.24) is 25.0 Å². The van der Waals surface area contributed by atoms with Crippen LogP contribution in [0.4, 0.5) is 5.95 Å². The second-order valence-electron chi connectivity index (χ2n) is 6.81. The molecule has 30 heavy (non-hydrogen) atoms. The number of amides is 1. The summed E-state index contributed by atoms with van der Waals surface area (Å²) in [7, 11) is 1.62. The molecule has 0 aliphatic carbocycles. The number of aryl methyl sites for hydroxylation is 1. The van der Waals surface area contributed by atoms with Crippen LogP contribution in [0, 0.1) is 0 Å². The normalized spacial score (nSPS) is 14.1. The number of benzene rings is 1. The molecule has 1 saturated heterocycles. The lowest BCUT2D eigenvalue weighted by molar-refractivity contribution is -0.131. The molecule has 1 aliphatic heterocycles. The minimum Gasteiger partial charge on any atom is -0.497 e. The fraction of sp³-hybridized carbons (Fsp3) is 0.350. The molecule has 0 N–H and O–H groups in total. The summed E-state index contributed by atoms with van der Waals surface area (Å²) in [6, 6.07) is 7.42. The minimum absolute atomic E-state index is 0.0792. The fourth-order valence-corrected chi connectivity index (χ4v) is 3.42. The Labute approximate surface area is 182 Å². The molecule has 3 aromatic rings. The predicted octanol–water partition coefficient (Wildman–Crippen LogP) is 2.58. The van der Waals surface area contributed by atoms with Gasteiger partial charge in [0.15, 0.2) is 0 Å². The third-order valence-electron chi connectivity index (χ3n) is 4.89. The molecule has 0 bridgehead atoms. The first-order chi connectivity index (χ1) is 14.6. The van der Waals surface area contributed by atoms with E-state index in [-0.39, 0.29) is 5.91 Å². The van der Waals surface area contributed by atoms with Crippen molar-refractivity contribution in [3.63, 3.8) is 0 Å². The molecule has 0 spiro atoms. The van der Waals surface area contributed by atoms with Crippen LogP contribution >= 0.6 is 15.9 Å². The molecular formula is C20H21BrN6O3. The van der Waals surface area contributed by atoms with Crippen LogP contribution in [0.5, 0.6) is 5.75 Å². The van der Waals surface area contributed by atoms with Crippen LogP contribution in [0.25, 0.3) is 11.4 Å².